The normalized spacial score (nSPS) is 30.5. The lowest BCUT2D eigenvalue weighted by Gasteiger charge is -2.24. The summed E-state index contributed by atoms with van der Waals surface area (Å²) in [4.78, 5) is 0. The fourth-order valence-electron chi connectivity index (χ4n) is 2.09. The molecule has 0 spiro atoms. The third-order valence-electron chi connectivity index (χ3n) is 2.84. The first-order chi connectivity index (χ1) is 7.15. The maximum atomic E-state index is 10.5. The first kappa shape index (κ1) is 10.8. The predicted molar refractivity (Wildman–Crippen MR) is 63.4 cm³/mol. The standard InChI is InChI=1S/C12H16O2S/c1-9-7-12(13,8-15-9)10-5-3-4-6-11(10)14-2/h3-6,9,13H,7-8H2,1-2H3. The van der Waals surface area contributed by atoms with Gasteiger partial charge in [-0.25, -0.2) is 0 Å². The summed E-state index contributed by atoms with van der Waals surface area (Å²) in [5.41, 5.74) is 0.209. The van der Waals surface area contributed by atoms with Gasteiger partial charge >= 0.3 is 0 Å². The van der Waals surface area contributed by atoms with Gasteiger partial charge in [0.25, 0.3) is 0 Å². The van der Waals surface area contributed by atoms with Crippen LogP contribution in [-0.2, 0) is 5.60 Å². The van der Waals surface area contributed by atoms with Crippen molar-refractivity contribution < 1.29 is 9.84 Å². The maximum Gasteiger partial charge on any atom is 0.124 e. The highest BCUT2D eigenvalue weighted by atomic mass is 32.2. The molecule has 2 nitrogen and oxygen atoms in total. The van der Waals surface area contributed by atoms with Crippen LogP contribution in [0.1, 0.15) is 18.9 Å². The molecule has 0 saturated carbocycles. The Balaban J connectivity index is 2.36. The number of hydrogen-bond donors (Lipinski definition) is 1. The van der Waals surface area contributed by atoms with Gasteiger partial charge in [0.05, 0.1) is 7.11 Å². The van der Waals surface area contributed by atoms with Gasteiger partial charge in [-0.3, -0.25) is 0 Å². The maximum absolute atomic E-state index is 10.5. The summed E-state index contributed by atoms with van der Waals surface area (Å²) in [5.74, 6) is 1.55. The molecule has 1 heterocycles. The lowest BCUT2D eigenvalue weighted by atomic mass is 9.91. The summed E-state index contributed by atoms with van der Waals surface area (Å²) < 4.78 is 5.29. The average Bonchev–Trinajstić information content (AvgIpc) is 2.60. The second-order valence-corrected chi connectivity index (χ2v) is 5.48. The first-order valence-electron chi connectivity index (χ1n) is 5.13. The summed E-state index contributed by atoms with van der Waals surface area (Å²) in [6, 6.07) is 7.74. The van der Waals surface area contributed by atoms with Crippen LogP contribution in [0, 0.1) is 0 Å². The van der Waals surface area contributed by atoms with Crippen LogP contribution in [0.2, 0.25) is 0 Å². The van der Waals surface area contributed by atoms with Crippen molar-refractivity contribution in [2.24, 2.45) is 0 Å². The molecule has 1 saturated heterocycles. The number of benzene rings is 1. The molecule has 2 atom stereocenters. The Morgan fingerprint density at radius 2 is 2.20 bits per heavy atom. The summed E-state index contributed by atoms with van der Waals surface area (Å²) in [6.07, 6.45) is 0.804. The Labute approximate surface area is 94.6 Å². The van der Waals surface area contributed by atoms with Gasteiger partial charge in [-0.1, -0.05) is 25.1 Å². The molecule has 82 valence electrons. The Bertz CT molecular complexity index is 353. The zero-order valence-electron chi connectivity index (χ0n) is 9.06. The minimum atomic E-state index is -0.712. The second-order valence-electron chi connectivity index (χ2n) is 4.06. The Morgan fingerprint density at radius 1 is 1.47 bits per heavy atom. The van der Waals surface area contributed by atoms with Gasteiger partial charge in [0.15, 0.2) is 0 Å². The smallest absolute Gasteiger partial charge is 0.124 e. The summed E-state index contributed by atoms with van der Waals surface area (Å²) in [7, 11) is 1.65. The molecule has 1 aliphatic heterocycles. The largest absolute Gasteiger partial charge is 0.496 e. The van der Waals surface area contributed by atoms with E-state index in [9.17, 15) is 5.11 Å². The van der Waals surface area contributed by atoms with E-state index in [0.29, 0.717) is 5.25 Å². The van der Waals surface area contributed by atoms with Crippen molar-refractivity contribution in [3.63, 3.8) is 0 Å². The number of rotatable bonds is 2. The number of ether oxygens (including phenoxy) is 1. The molecule has 1 aromatic rings. The summed E-state index contributed by atoms with van der Waals surface area (Å²) in [6.45, 7) is 2.15. The van der Waals surface area contributed by atoms with Crippen LogP contribution < -0.4 is 4.74 Å². The zero-order chi connectivity index (χ0) is 10.9. The summed E-state index contributed by atoms with van der Waals surface area (Å²) >= 11 is 1.81. The molecule has 1 aliphatic rings. The van der Waals surface area contributed by atoms with Crippen LogP contribution >= 0.6 is 11.8 Å². The van der Waals surface area contributed by atoms with Crippen LogP contribution in [0.4, 0.5) is 0 Å². The van der Waals surface area contributed by atoms with Crippen molar-refractivity contribution in [2.45, 2.75) is 24.2 Å². The predicted octanol–water partition coefficient (Wildman–Crippen LogP) is 2.41. The van der Waals surface area contributed by atoms with Gasteiger partial charge in [-0.05, 0) is 12.5 Å². The molecule has 1 aromatic carbocycles. The van der Waals surface area contributed by atoms with E-state index >= 15 is 0 Å². The number of para-hydroxylation sites is 1. The first-order valence-corrected chi connectivity index (χ1v) is 6.18. The fourth-order valence-corrected chi connectivity index (χ4v) is 3.32. The van der Waals surface area contributed by atoms with Crippen molar-refractivity contribution in [1.82, 2.24) is 0 Å². The van der Waals surface area contributed by atoms with Crippen LogP contribution in [0.5, 0.6) is 5.75 Å². The van der Waals surface area contributed by atoms with E-state index in [2.05, 4.69) is 6.92 Å². The Morgan fingerprint density at radius 3 is 2.80 bits per heavy atom. The minimum Gasteiger partial charge on any atom is -0.496 e. The van der Waals surface area contributed by atoms with Gasteiger partial charge in [0.2, 0.25) is 0 Å². The topological polar surface area (TPSA) is 29.5 Å². The third kappa shape index (κ3) is 1.99. The second kappa shape index (κ2) is 4.06. The van der Waals surface area contributed by atoms with Crippen molar-refractivity contribution in [1.29, 1.82) is 0 Å². The van der Waals surface area contributed by atoms with E-state index in [1.807, 2.05) is 36.0 Å². The van der Waals surface area contributed by atoms with Crippen molar-refractivity contribution in [2.75, 3.05) is 12.9 Å². The highest BCUT2D eigenvalue weighted by molar-refractivity contribution is 8.00. The Kier molecular flexibility index (Phi) is 2.94. The number of methoxy groups -OCH3 is 1. The van der Waals surface area contributed by atoms with Gasteiger partial charge < -0.3 is 9.84 Å². The molecule has 15 heavy (non-hydrogen) atoms. The number of aliphatic hydroxyl groups is 1. The SMILES string of the molecule is COc1ccccc1C1(O)CSC(C)C1. The lowest BCUT2D eigenvalue weighted by molar-refractivity contribution is 0.0585. The molecule has 3 heteroatoms. The number of thioether (sulfide) groups is 1. The van der Waals surface area contributed by atoms with Gasteiger partial charge in [0, 0.05) is 16.6 Å². The van der Waals surface area contributed by atoms with Crippen LogP contribution in [-0.4, -0.2) is 23.2 Å². The molecule has 0 aliphatic carbocycles. The Hall–Kier alpha value is -0.670. The van der Waals surface area contributed by atoms with Gasteiger partial charge in [0.1, 0.15) is 11.4 Å². The molecule has 0 amide bonds. The highest BCUT2D eigenvalue weighted by Crippen LogP contribution is 2.44. The molecular formula is C12H16O2S. The van der Waals surface area contributed by atoms with E-state index in [-0.39, 0.29) is 0 Å². The highest BCUT2D eigenvalue weighted by Gasteiger charge is 2.39. The van der Waals surface area contributed by atoms with Crippen LogP contribution in [0.15, 0.2) is 24.3 Å². The quantitative estimate of drug-likeness (QED) is 0.836. The lowest BCUT2D eigenvalue weighted by Crippen LogP contribution is -2.26. The molecule has 0 radical (unpaired) electrons. The molecular weight excluding hydrogens is 208 g/mol. The molecule has 2 unspecified atom stereocenters. The minimum absolute atomic E-state index is 0.514. The van der Waals surface area contributed by atoms with Gasteiger partial charge in [-0.2, -0.15) is 11.8 Å². The molecule has 2 rings (SSSR count). The van der Waals surface area contributed by atoms with E-state index in [1.165, 1.54) is 0 Å². The summed E-state index contributed by atoms with van der Waals surface area (Å²) in [5, 5.41) is 11.1. The number of hydrogen-bond acceptors (Lipinski definition) is 3. The molecule has 1 N–H and O–H groups in total. The van der Waals surface area contributed by atoms with E-state index in [1.54, 1.807) is 7.11 Å². The fraction of sp³-hybridized carbons (Fsp3) is 0.500. The van der Waals surface area contributed by atoms with Crippen molar-refractivity contribution in [3.05, 3.63) is 29.8 Å². The van der Waals surface area contributed by atoms with Crippen LogP contribution in [0.3, 0.4) is 0 Å². The molecule has 1 fully saturated rings. The third-order valence-corrected chi connectivity index (χ3v) is 4.22. The zero-order valence-corrected chi connectivity index (χ0v) is 9.88. The monoisotopic (exact) mass is 224 g/mol. The van der Waals surface area contributed by atoms with Crippen molar-refractivity contribution >= 4 is 11.8 Å². The molecule has 0 aromatic heterocycles. The van der Waals surface area contributed by atoms with Crippen molar-refractivity contribution in [3.8, 4) is 5.75 Å². The van der Waals surface area contributed by atoms with Gasteiger partial charge in [-0.15, -0.1) is 0 Å². The van der Waals surface area contributed by atoms with E-state index in [4.69, 9.17) is 4.74 Å². The average molecular weight is 224 g/mol. The van der Waals surface area contributed by atoms with Crippen LogP contribution in [0.25, 0.3) is 0 Å². The van der Waals surface area contributed by atoms with E-state index in [0.717, 1.165) is 23.5 Å². The molecule has 0 bridgehead atoms. The van der Waals surface area contributed by atoms with E-state index < -0.39 is 5.60 Å².